The number of rotatable bonds is 2. The zero-order chi connectivity index (χ0) is 13.2. The first-order chi connectivity index (χ1) is 9.25. The van der Waals surface area contributed by atoms with Crippen molar-refractivity contribution in [3.05, 3.63) is 69.7 Å². The van der Waals surface area contributed by atoms with Gasteiger partial charge in [0, 0.05) is 17.1 Å². The fraction of sp³-hybridized carbons (Fsp3) is 0.0625. The summed E-state index contributed by atoms with van der Waals surface area (Å²) in [5.41, 5.74) is 3.59. The highest BCUT2D eigenvalue weighted by Gasteiger charge is 2.23. The van der Waals surface area contributed by atoms with E-state index in [0.717, 1.165) is 16.7 Å². The third-order valence-electron chi connectivity index (χ3n) is 3.20. The van der Waals surface area contributed by atoms with Gasteiger partial charge in [0.15, 0.2) is 0 Å². The Labute approximate surface area is 116 Å². The molecule has 1 aliphatic heterocycles. The van der Waals surface area contributed by atoms with Crippen LogP contribution in [0.5, 0.6) is 0 Å². The van der Waals surface area contributed by atoms with Gasteiger partial charge in [-0.2, -0.15) is 0 Å². The summed E-state index contributed by atoms with van der Waals surface area (Å²) in [6.45, 7) is 0.514. The standard InChI is InChI=1S/C16H12ClNO/c17-14-9-8-12(15-13(14)10-18-16(15)19)7-6-11-4-2-1-3-5-11/h1-9H,10H2,(H,18,19)/b7-6+. The molecule has 19 heavy (non-hydrogen) atoms. The predicted molar refractivity (Wildman–Crippen MR) is 78.0 cm³/mol. The van der Waals surface area contributed by atoms with E-state index in [1.807, 2.05) is 54.6 Å². The first-order valence-electron chi connectivity index (χ1n) is 6.08. The molecule has 0 bridgehead atoms. The van der Waals surface area contributed by atoms with Gasteiger partial charge in [-0.25, -0.2) is 0 Å². The smallest absolute Gasteiger partial charge is 0.252 e. The van der Waals surface area contributed by atoms with Crippen LogP contribution in [-0.2, 0) is 6.54 Å². The number of carbonyl (C=O) groups is 1. The topological polar surface area (TPSA) is 29.1 Å². The minimum absolute atomic E-state index is 0.0507. The molecule has 3 heteroatoms. The summed E-state index contributed by atoms with van der Waals surface area (Å²) in [6, 6.07) is 13.7. The number of nitrogens with one attached hydrogen (secondary N) is 1. The molecule has 0 saturated carbocycles. The predicted octanol–water partition coefficient (Wildman–Crippen LogP) is 3.75. The first-order valence-corrected chi connectivity index (χ1v) is 6.46. The average molecular weight is 270 g/mol. The number of amides is 1. The van der Waals surface area contributed by atoms with Gasteiger partial charge in [-0.3, -0.25) is 4.79 Å². The molecule has 0 aliphatic carbocycles. The highest BCUT2D eigenvalue weighted by molar-refractivity contribution is 6.32. The molecule has 2 aromatic carbocycles. The minimum Gasteiger partial charge on any atom is -0.348 e. The Morgan fingerprint density at radius 3 is 2.63 bits per heavy atom. The summed E-state index contributed by atoms with van der Waals surface area (Å²) < 4.78 is 0. The summed E-state index contributed by atoms with van der Waals surface area (Å²) in [7, 11) is 0. The SMILES string of the molecule is O=C1NCc2c(Cl)ccc(/C=C/c3ccccc3)c21. The molecule has 1 N–H and O–H groups in total. The van der Waals surface area contributed by atoms with Gasteiger partial charge in [-0.1, -0.05) is 60.2 Å². The molecule has 2 aromatic rings. The molecule has 1 heterocycles. The van der Waals surface area contributed by atoms with Crippen LogP contribution in [0.15, 0.2) is 42.5 Å². The molecular formula is C16H12ClNO. The fourth-order valence-corrected chi connectivity index (χ4v) is 2.45. The normalized spacial score (nSPS) is 13.6. The van der Waals surface area contributed by atoms with Gasteiger partial charge in [-0.05, 0) is 17.2 Å². The van der Waals surface area contributed by atoms with Gasteiger partial charge >= 0.3 is 0 Å². The Kier molecular flexibility index (Phi) is 3.10. The van der Waals surface area contributed by atoms with Crippen LogP contribution in [0.4, 0.5) is 0 Å². The van der Waals surface area contributed by atoms with E-state index in [2.05, 4.69) is 5.32 Å². The van der Waals surface area contributed by atoms with Crippen LogP contribution < -0.4 is 5.32 Å². The van der Waals surface area contributed by atoms with Gasteiger partial charge in [0.2, 0.25) is 0 Å². The Balaban J connectivity index is 2.01. The van der Waals surface area contributed by atoms with Crippen molar-refractivity contribution in [2.45, 2.75) is 6.54 Å². The number of hydrogen-bond acceptors (Lipinski definition) is 1. The molecule has 0 saturated heterocycles. The number of fused-ring (bicyclic) bond motifs is 1. The molecular weight excluding hydrogens is 258 g/mol. The van der Waals surface area contributed by atoms with Gasteiger partial charge in [-0.15, -0.1) is 0 Å². The Bertz CT molecular complexity index is 662. The van der Waals surface area contributed by atoms with Crippen molar-refractivity contribution >= 4 is 29.7 Å². The second-order valence-electron chi connectivity index (χ2n) is 4.42. The summed E-state index contributed by atoms with van der Waals surface area (Å²) in [6.07, 6.45) is 3.95. The lowest BCUT2D eigenvalue weighted by Crippen LogP contribution is -2.13. The zero-order valence-electron chi connectivity index (χ0n) is 10.2. The number of halogens is 1. The van der Waals surface area contributed by atoms with Crippen molar-refractivity contribution in [2.75, 3.05) is 0 Å². The van der Waals surface area contributed by atoms with Crippen molar-refractivity contribution in [3.63, 3.8) is 0 Å². The van der Waals surface area contributed by atoms with Gasteiger partial charge < -0.3 is 5.32 Å². The third kappa shape index (κ3) is 2.27. The maximum absolute atomic E-state index is 11.8. The second kappa shape index (κ2) is 4.90. The largest absolute Gasteiger partial charge is 0.348 e. The Morgan fingerprint density at radius 2 is 1.84 bits per heavy atom. The van der Waals surface area contributed by atoms with Crippen LogP contribution in [0.25, 0.3) is 12.2 Å². The summed E-state index contributed by atoms with van der Waals surface area (Å²) in [5.74, 6) is -0.0507. The van der Waals surface area contributed by atoms with Crippen molar-refractivity contribution < 1.29 is 4.79 Å². The molecule has 2 nitrogen and oxygen atoms in total. The van der Waals surface area contributed by atoms with Crippen LogP contribution >= 0.6 is 11.6 Å². The van der Waals surface area contributed by atoms with E-state index in [0.29, 0.717) is 17.1 Å². The van der Waals surface area contributed by atoms with Crippen molar-refractivity contribution in [3.8, 4) is 0 Å². The van der Waals surface area contributed by atoms with E-state index in [-0.39, 0.29) is 5.91 Å². The summed E-state index contributed by atoms with van der Waals surface area (Å²) in [5, 5.41) is 3.45. The quantitative estimate of drug-likeness (QED) is 0.827. The Hall–Kier alpha value is -2.06. The van der Waals surface area contributed by atoms with Crippen LogP contribution in [0.2, 0.25) is 5.02 Å². The number of benzene rings is 2. The molecule has 0 atom stereocenters. The first kappa shape index (κ1) is 12.0. The molecule has 0 unspecified atom stereocenters. The van der Waals surface area contributed by atoms with Crippen LogP contribution in [-0.4, -0.2) is 5.91 Å². The van der Waals surface area contributed by atoms with E-state index >= 15 is 0 Å². The molecule has 94 valence electrons. The second-order valence-corrected chi connectivity index (χ2v) is 4.82. The molecule has 0 fully saturated rings. The van der Waals surface area contributed by atoms with Crippen molar-refractivity contribution in [2.24, 2.45) is 0 Å². The van der Waals surface area contributed by atoms with Gasteiger partial charge in [0.05, 0.1) is 5.56 Å². The Morgan fingerprint density at radius 1 is 1.05 bits per heavy atom. The fourth-order valence-electron chi connectivity index (χ4n) is 2.23. The number of carbonyl (C=O) groups excluding carboxylic acids is 1. The van der Waals surface area contributed by atoms with Crippen LogP contribution in [0.1, 0.15) is 27.0 Å². The van der Waals surface area contributed by atoms with E-state index < -0.39 is 0 Å². The van der Waals surface area contributed by atoms with Gasteiger partial charge in [0.25, 0.3) is 5.91 Å². The van der Waals surface area contributed by atoms with E-state index in [1.54, 1.807) is 0 Å². The average Bonchev–Trinajstić information content (AvgIpc) is 2.83. The van der Waals surface area contributed by atoms with Crippen LogP contribution in [0.3, 0.4) is 0 Å². The monoisotopic (exact) mass is 269 g/mol. The van der Waals surface area contributed by atoms with Crippen LogP contribution in [0, 0.1) is 0 Å². The third-order valence-corrected chi connectivity index (χ3v) is 3.55. The molecule has 1 aliphatic rings. The van der Waals surface area contributed by atoms with Gasteiger partial charge in [0.1, 0.15) is 0 Å². The molecule has 3 rings (SSSR count). The van der Waals surface area contributed by atoms with Crippen molar-refractivity contribution in [1.29, 1.82) is 0 Å². The number of hydrogen-bond donors (Lipinski definition) is 1. The molecule has 0 spiro atoms. The lowest BCUT2D eigenvalue weighted by molar-refractivity contribution is 0.0965. The lowest BCUT2D eigenvalue weighted by Gasteiger charge is -2.03. The summed E-state index contributed by atoms with van der Waals surface area (Å²) in [4.78, 5) is 11.8. The highest BCUT2D eigenvalue weighted by atomic mass is 35.5. The highest BCUT2D eigenvalue weighted by Crippen LogP contribution is 2.28. The van der Waals surface area contributed by atoms with E-state index in [1.165, 1.54) is 0 Å². The molecule has 0 radical (unpaired) electrons. The molecule has 1 amide bonds. The van der Waals surface area contributed by atoms with E-state index in [4.69, 9.17) is 11.6 Å². The maximum Gasteiger partial charge on any atom is 0.252 e. The minimum atomic E-state index is -0.0507. The lowest BCUT2D eigenvalue weighted by atomic mass is 10.0. The maximum atomic E-state index is 11.8. The molecule has 0 aromatic heterocycles. The summed E-state index contributed by atoms with van der Waals surface area (Å²) >= 11 is 6.11. The van der Waals surface area contributed by atoms with Crippen molar-refractivity contribution in [1.82, 2.24) is 5.32 Å². The zero-order valence-corrected chi connectivity index (χ0v) is 10.9. The van der Waals surface area contributed by atoms with E-state index in [9.17, 15) is 4.79 Å².